The minimum absolute atomic E-state index is 0.361. The van der Waals surface area contributed by atoms with Gasteiger partial charge in [0.25, 0.3) is 5.91 Å². The van der Waals surface area contributed by atoms with Gasteiger partial charge < -0.3 is 4.74 Å². The highest BCUT2D eigenvalue weighted by Crippen LogP contribution is 2.36. The molecule has 0 radical (unpaired) electrons. The molecule has 3 rings (SSSR count). The Kier molecular flexibility index (Phi) is 6.59. The van der Waals surface area contributed by atoms with E-state index >= 15 is 0 Å². The fraction of sp³-hybridized carbons (Fsp3) is 0.320. The van der Waals surface area contributed by atoms with E-state index in [2.05, 4.69) is 0 Å². The summed E-state index contributed by atoms with van der Waals surface area (Å²) in [7, 11) is 1.28. The van der Waals surface area contributed by atoms with Crippen LogP contribution >= 0.6 is 0 Å². The molecule has 2 aromatic rings. The lowest BCUT2D eigenvalue weighted by Crippen LogP contribution is -2.62. The number of rotatable bonds is 5. The third-order valence-corrected chi connectivity index (χ3v) is 5.62. The summed E-state index contributed by atoms with van der Waals surface area (Å²) in [5.74, 6) is -1.36. The van der Waals surface area contributed by atoms with Crippen LogP contribution in [0.2, 0.25) is 0 Å². The van der Waals surface area contributed by atoms with Crippen molar-refractivity contribution < 1.29 is 19.1 Å². The fourth-order valence-corrected chi connectivity index (χ4v) is 4.08. The Morgan fingerprint density at radius 2 is 1.61 bits per heavy atom. The van der Waals surface area contributed by atoms with Gasteiger partial charge in [0, 0.05) is 17.7 Å². The summed E-state index contributed by atoms with van der Waals surface area (Å²) in [6.07, 6.45) is 1.73. The van der Waals surface area contributed by atoms with Crippen LogP contribution < -0.4 is 0 Å². The lowest BCUT2D eigenvalue weighted by Gasteiger charge is -2.47. The van der Waals surface area contributed by atoms with Crippen molar-refractivity contribution in [1.29, 1.82) is 0 Å². The van der Waals surface area contributed by atoms with Crippen LogP contribution in [0.4, 0.5) is 4.79 Å². The number of hydrogen-bond donors (Lipinski definition) is 0. The highest BCUT2D eigenvalue weighted by molar-refractivity contribution is 6.04. The Morgan fingerprint density at radius 3 is 2.19 bits per heavy atom. The van der Waals surface area contributed by atoms with Crippen molar-refractivity contribution in [2.75, 3.05) is 7.11 Å². The average Bonchev–Trinajstić information content (AvgIpc) is 2.78. The number of benzene rings is 2. The summed E-state index contributed by atoms with van der Waals surface area (Å²) in [6, 6.07) is 19.1. The number of methoxy groups -OCH3 is 1. The molecular weight excluding hydrogens is 392 g/mol. The summed E-state index contributed by atoms with van der Waals surface area (Å²) >= 11 is 0. The minimum Gasteiger partial charge on any atom is -0.452 e. The van der Waals surface area contributed by atoms with Crippen molar-refractivity contribution in [1.82, 2.24) is 9.80 Å². The van der Waals surface area contributed by atoms with Gasteiger partial charge in [-0.1, -0.05) is 74.5 Å². The molecule has 0 saturated heterocycles. The summed E-state index contributed by atoms with van der Waals surface area (Å²) < 4.78 is 4.96. The zero-order valence-corrected chi connectivity index (χ0v) is 18.3. The third kappa shape index (κ3) is 4.68. The molecule has 162 valence electrons. The Labute approximate surface area is 183 Å². The Morgan fingerprint density at radius 1 is 1.03 bits per heavy atom. The Balaban J connectivity index is 2.03. The van der Waals surface area contributed by atoms with Gasteiger partial charge in [-0.25, -0.2) is 4.79 Å². The molecule has 1 aliphatic rings. The maximum atomic E-state index is 13.6. The number of amides is 3. The van der Waals surface area contributed by atoms with Gasteiger partial charge in [-0.2, -0.15) is 0 Å². The molecule has 0 aliphatic carbocycles. The van der Waals surface area contributed by atoms with Gasteiger partial charge in [-0.3, -0.25) is 19.4 Å². The summed E-state index contributed by atoms with van der Waals surface area (Å²) in [5.41, 5.74) is 1.20. The second-order valence-corrected chi connectivity index (χ2v) is 8.40. The van der Waals surface area contributed by atoms with Gasteiger partial charge in [0.1, 0.15) is 6.17 Å². The van der Waals surface area contributed by atoms with E-state index in [0.29, 0.717) is 6.42 Å². The van der Waals surface area contributed by atoms with Crippen molar-refractivity contribution in [3.63, 3.8) is 0 Å². The van der Waals surface area contributed by atoms with Crippen molar-refractivity contribution in [3.05, 3.63) is 84.1 Å². The lowest BCUT2D eigenvalue weighted by molar-refractivity contribution is -0.155. The zero-order chi connectivity index (χ0) is 22.6. The second-order valence-electron chi connectivity index (χ2n) is 8.40. The van der Waals surface area contributed by atoms with E-state index in [0.717, 1.165) is 11.1 Å². The third-order valence-electron chi connectivity index (χ3n) is 5.62. The smallest absolute Gasteiger partial charge is 0.415 e. The molecule has 0 aromatic heterocycles. The fourth-order valence-electron chi connectivity index (χ4n) is 4.08. The second kappa shape index (κ2) is 9.16. The zero-order valence-electron chi connectivity index (χ0n) is 18.3. The number of ether oxygens (including phenoxy) is 1. The van der Waals surface area contributed by atoms with Crippen LogP contribution in [0.1, 0.15) is 37.8 Å². The number of carbonyl (C=O) groups is 3. The SMILES string of the molecule is COC(=O)N1C=CC(=O)N(C(=O)[C@@H](C)c2ccccc2)[C@@H]1C(C)(C)Cc1ccccc1. The van der Waals surface area contributed by atoms with Crippen molar-refractivity contribution in [2.45, 2.75) is 39.3 Å². The van der Waals surface area contributed by atoms with E-state index in [1.165, 1.54) is 29.2 Å². The maximum Gasteiger partial charge on any atom is 0.415 e. The standard InChI is InChI=1S/C25H28N2O4/c1-18(20-13-9-6-10-14-20)22(29)27-21(28)15-16-26(24(30)31-4)23(27)25(2,3)17-19-11-7-5-8-12-19/h5-16,18,23H,17H2,1-4H3/t18-,23+/m0/s1. The van der Waals surface area contributed by atoms with Gasteiger partial charge in [0.15, 0.2) is 0 Å². The van der Waals surface area contributed by atoms with E-state index in [1.807, 2.05) is 74.5 Å². The number of hydrogen-bond acceptors (Lipinski definition) is 4. The molecule has 1 aliphatic heterocycles. The molecule has 6 nitrogen and oxygen atoms in total. The van der Waals surface area contributed by atoms with Gasteiger partial charge in [0.2, 0.25) is 5.91 Å². The van der Waals surface area contributed by atoms with E-state index < -0.39 is 29.5 Å². The molecule has 0 spiro atoms. The average molecular weight is 421 g/mol. The minimum atomic E-state index is -0.837. The van der Waals surface area contributed by atoms with Crippen LogP contribution in [0.15, 0.2) is 72.9 Å². The van der Waals surface area contributed by atoms with E-state index in [9.17, 15) is 14.4 Å². The first-order valence-corrected chi connectivity index (χ1v) is 10.3. The number of carbonyl (C=O) groups excluding carboxylic acids is 3. The highest BCUT2D eigenvalue weighted by atomic mass is 16.5. The monoisotopic (exact) mass is 420 g/mol. The molecule has 3 amide bonds. The normalized spacial score (nSPS) is 17.4. The van der Waals surface area contributed by atoms with Crippen molar-refractivity contribution >= 4 is 17.9 Å². The molecule has 0 saturated carbocycles. The van der Waals surface area contributed by atoms with Crippen molar-refractivity contribution in [3.8, 4) is 0 Å². The van der Waals surface area contributed by atoms with Gasteiger partial charge in [0.05, 0.1) is 13.0 Å². The molecular formula is C25H28N2O4. The first kappa shape index (κ1) is 22.3. The molecule has 0 bridgehead atoms. The summed E-state index contributed by atoms with van der Waals surface area (Å²) in [6.45, 7) is 5.66. The van der Waals surface area contributed by atoms with Gasteiger partial charge >= 0.3 is 6.09 Å². The number of nitrogens with zero attached hydrogens (tertiary/aromatic N) is 2. The number of imide groups is 1. The van der Waals surface area contributed by atoms with E-state index in [1.54, 1.807) is 6.92 Å². The molecule has 0 unspecified atom stereocenters. The maximum absolute atomic E-state index is 13.6. The van der Waals surface area contributed by atoms with Gasteiger partial charge in [-0.15, -0.1) is 0 Å². The summed E-state index contributed by atoms with van der Waals surface area (Å²) in [4.78, 5) is 41.7. The predicted octanol–water partition coefficient (Wildman–Crippen LogP) is 4.34. The van der Waals surface area contributed by atoms with Crippen LogP contribution in [-0.4, -0.2) is 41.0 Å². The van der Waals surface area contributed by atoms with Crippen LogP contribution in [0, 0.1) is 5.41 Å². The Bertz CT molecular complexity index is 970. The molecule has 0 fully saturated rings. The highest BCUT2D eigenvalue weighted by Gasteiger charge is 2.47. The topological polar surface area (TPSA) is 66.9 Å². The largest absolute Gasteiger partial charge is 0.452 e. The molecule has 31 heavy (non-hydrogen) atoms. The van der Waals surface area contributed by atoms with Crippen molar-refractivity contribution in [2.24, 2.45) is 5.41 Å². The molecule has 2 aromatic carbocycles. The lowest BCUT2D eigenvalue weighted by atomic mass is 9.80. The van der Waals surface area contributed by atoms with Gasteiger partial charge in [-0.05, 0) is 24.5 Å². The summed E-state index contributed by atoms with van der Waals surface area (Å²) in [5, 5.41) is 0. The predicted molar refractivity (Wildman–Crippen MR) is 118 cm³/mol. The van der Waals surface area contributed by atoms with E-state index in [4.69, 9.17) is 4.74 Å². The Hall–Kier alpha value is -3.41. The molecule has 6 heteroatoms. The first-order valence-electron chi connectivity index (χ1n) is 10.3. The van der Waals surface area contributed by atoms with Crippen LogP contribution in [0.25, 0.3) is 0 Å². The quantitative estimate of drug-likeness (QED) is 0.722. The van der Waals surface area contributed by atoms with Crippen LogP contribution in [0.3, 0.4) is 0 Å². The molecule has 2 atom stereocenters. The molecule has 0 N–H and O–H groups in total. The van der Waals surface area contributed by atoms with Crippen LogP contribution in [-0.2, 0) is 20.7 Å². The van der Waals surface area contributed by atoms with Crippen LogP contribution in [0.5, 0.6) is 0 Å². The van der Waals surface area contributed by atoms with E-state index in [-0.39, 0.29) is 5.91 Å². The molecule has 1 heterocycles. The first-order chi connectivity index (χ1) is 14.8.